The van der Waals surface area contributed by atoms with Crippen molar-refractivity contribution in [1.82, 2.24) is 0 Å². The summed E-state index contributed by atoms with van der Waals surface area (Å²) in [5.74, 6) is -0.184. The van der Waals surface area contributed by atoms with E-state index in [9.17, 15) is 14.9 Å². The number of carbonyl (C=O) groups is 1. The molecule has 2 aliphatic rings. The maximum atomic E-state index is 14.4. The third-order valence-corrected chi connectivity index (χ3v) is 7.72. The largest absolute Gasteiger partial charge is 0.433 e. The van der Waals surface area contributed by atoms with E-state index in [1.165, 1.54) is 6.07 Å². The van der Waals surface area contributed by atoms with Crippen LogP contribution in [0.25, 0.3) is 0 Å². The normalized spacial score (nSPS) is 21.1. The molecule has 0 amide bonds. The summed E-state index contributed by atoms with van der Waals surface area (Å²) in [5, 5.41) is 18.1. The van der Waals surface area contributed by atoms with E-state index >= 15 is 0 Å². The highest BCUT2D eigenvalue weighted by atomic mass is 32.2. The fourth-order valence-corrected chi connectivity index (χ4v) is 6.22. The van der Waals surface area contributed by atoms with Gasteiger partial charge in [-0.3, -0.25) is 14.9 Å². The summed E-state index contributed by atoms with van der Waals surface area (Å²) in [5.41, 5.74) is 1.70. The van der Waals surface area contributed by atoms with Crippen LogP contribution in [0.2, 0.25) is 0 Å². The molecule has 0 N–H and O–H groups in total. The highest BCUT2D eigenvalue weighted by Crippen LogP contribution is 2.52. The molecule has 0 aliphatic carbocycles. The zero-order valence-corrected chi connectivity index (χ0v) is 19.2. The Morgan fingerprint density at radius 3 is 2.34 bits per heavy atom. The molecule has 0 fully saturated rings. The number of ketones is 1. The number of nitro groups is 1. The summed E-state index contributed by atoms with van der Waals surface area (Å²) in [6, 6.07) is 29.7. The maximum absolute atomic E-state index is 14.4. The first-order valence-corrected chi connectivity index (χ1v) is 12.1. The van der Waals surface area contributed by atoms with E-state index in [-0.39, 0.29) is 17.4 Å². The molecule has 2 atom stereocenters. The predicted molar refractivity (Wildman–Crippen MR) is 134 cm³/mol. The fraction of sp³-hybridized carbons (Fsp3) is 0.111. The first-order valence-electron chi connectivity index (χ1n) is 11.1. The minimum Gasteiger partial charge on any atom is -0.399 e. The molecule has 2 aliphatic heterocycles. The smallest absolute Gasteiger partial charge is 0.399 e. The topological polar surface area (TPSA) is 88.9 Å². The number of carbonyl (C=O) groups excluding carboxylic acids is 1. The van der Waals surface area contributed by atoms with E-state index in [1.54, 1.807) is 22.8 Å². The molecule has 172 valence electrons. The van der Waals surface area contributed by atoms with Crippen molar-refractivity contribution in [2.24, 2.45) is 5.10 Å². The van der Waals surface area contributed by atoms with Gasteiger partial charge < -0.3 is 4.42 Å². The van der Waals surface area contributed by atoms with Crippen molar-refractivity contribution < 1.29 is 14.1 Å². The molecule has 1 spiro atoms. The number of hydrazone groups is 1. The quantitative estimate of drug-likeness (QED) is 0.265. The number of rotatable bonds is 4. The van der Waals surface area contributed by atoms with Gasteiger partial charge in [0.2, 0.25) is 0 Å². The molecule has 4 aromatic rings. The van der Waals surface area contributed by atoms with Gasteiger partial charge in [-0.2, -0.15) is 5.10 Å². The van der Waals surface area contributed by atoms with Gasteiger partial charge in [0.05, 0.1) is 17.7 Å². The number of hydrogen-bond donors (Lipinski definition) is 0. The number of fused-ring (bicyclic) bond motifs is 1. The SMILES string of the molecule is O=C1c2ccccc2SC[C@@]12[C@H](c1ccccc1)C(c1ccc([N+](=O)[O-])o1)=NN2c1ccccc1. The summed E-state index contributed by atoms with van der Waals surface area (Å²) < 4.78 is 5.63. The molecule has 6 rings (SSSR count). The molecular weight excluding hydrogens is 462 g/mol. The summed E-state index contributed by atoms with van der Waals surface area (Å²) >= 11 is 1.62. The van der Waals surface area contributed by atoms with Crippen LogP contribution in [0.4, 0.5) is 11.6 Å². The lowest BCUT2D eigenvalue weighted by Crippen LogP contribution is -2.58. The average molecular weight is 482 g/mol. The van der Waals surface area contributed by atoms with E-state index in [0.29, 0.717) is 17.0 Å². The van der Waals surface area contributed by atoms with Crippen LogP contribution in [0.1, 0.15) is 27.6 Å². The monoisotopic (exact) mass is 481 g/mol. The Morgan fingerprint density at radius 2 is 1.63 bits per heavy atom. The number of furan rings is 1. The molecule has 35 heavy (non-hydrogen) atoms. The molecule has 0 saturated carbocycles. The van der Waals surface area contributed by atoms with Crippen LogP contribution in [-0.2, 0) is 0 Å². The maximum Gasteiger partial charge on any atom is 0.433 e. The van der Waals surface area contributed by atoms with Crippen molar-refractivity contribution in [2.75, 3.05) is 10.8 Å². The van der Waals surface area contributed by atoms with Crippen LogP contribution in [0, 0.1) is 10.1 Å². The minimum atomic E-state index is -1.08. The minimum absolute atomic E-state index is 0.0376. The zero-order valence-electron chi connectivity index (χ0n) is 18.4. The van der Waals surface area contributed by atoms with Crippen molar-refractivity contribution in [3.05, 3.63) is 124 Å². The van der Waals surface area contributed by atoms with E-state index < -0.39 is 16.4 Å². The lowest BCUT2D eigenvalue weighted by Gasteiger charge is -2.43. The van der Waals surface area contributed by atoms with Crippen molar-refractivity contribution in [3.63, 3.8) is 0 Å². The molecule has 8 heteroatoms. The van der Waals surface area contributed by atoms with Crippen LogP contribution >= 0.6 is 11.8 Å². The van der Waals surface area contributed by atoms with Gasteiger partial charge in [-0.15, -0.1) is 11.8 Å². The molecule has 3 heterocycles. The third kappa shape index (κ3) is 3.29. The van der Waals surface area contributed by atoms with Crippen molar-refractivity contribution in [3.8, 4) is 0 Å². The lowest BCUT2D eigenvalue weighted by molar-refractivity contribution is -0.402. The first-order chi connectivity index (χ1) is 17.1. The molecule has 3 aromatic carbocycles. The van der Waals surface area contributed by atoms with Crippen LogP contribution < -0.4 is 5.01 Å². The van der Waals surface area contributed by atoms with Gasteiger partial charge in [0.15, 0.2) is 11.5 Å². The van der Waals surface area contributed by atoms with Gasteiger partial charge in [0, 0.05) is 16.2 Å². The van der Waals surface area contributed by atoms with Gasteiger partial charge in [-0.25, -0.2) is 5.01 Å². The number of thioether (sulfide) groups is 1. The van der Waals surface area contributed by atoms with Gasteiger partial charge in [0.25, 0.3) is 0 Å². The van der Waals surface area contributed by atoms with Crippen LogP contribution in [0.3, 0.4) is 0 Å². The van der Waals surface area contributed by atoms with E-state index in [4.69, 9.17) is 9.52 Å². The second-order valence-corrected chi connectivity index (χ2v) is 9.43. The Labute approximate surface area is 205 Å². The number of Topliss-reactive ketones (excluding diaryl/α,β-unsaturated/α-hetero) is 1. The highest BCUT2D eigenvalue weighted by molar-refractivity contribution is 7.99. The molecule has 0 bridgehead atoms. The van der Waals surface area contributed by atoms with Crippen molar-refractivity contribution in [1.29, 1.82) is 0 Å². The second-order valence-electron chi connectivity index (χ2n) is 8.41. The molecule has 0 radical (unpaired) electrons. The second kappa shape index (κ2) is 8.25. The third-order valence-electron chi connectivity index (χ3n) is 6.47. The molecule has 0 saturated heterocycles. The van der Waals surface area contributed by atoms with Gasteiger partial charge >= 0.3 is 5.88 Å². The van der Waals surface area contributed by atoms with Crippen molar-refractivity contribution >= 4 is 34.8 Å². The van der Waals surface area contributed by atoms with Gasteiger partial charge in [0.1, 0.15) is 16.2 Å². The molecule has 1 aromatic heterocycles. The molecule has 0 unspecified atom stereocenters. The molecule has 7 nitrogen and oxygen atoms in total. The van der Waals surface area contributed by atoms with Gasteiger partial charge in [-0.05, 0) is 29.8 Å². The van der Waals surface area contributed by atoms with Crippen LogP contribution in [0.5, 0.6) is 0 Å². The fourth-order valence-electron chi connectivity index (χ4n) is 4.93. The number of hydrogen-bond acceptors (Lipinski definition) is 7. The number of anilines is 1. The number of para-hydroxylation sites is 1. The average Bonchev–Trinajstić information content (AvgIpc) is 3.52. The van der Waals surface area contributed by atoms with E-state index in [2.05, 4.69) is 0 Å². The van der Waals surface area contributed by atoms with Crippen LogP contribution in [-0.4, -0.2) is 27.7 Å². The Balaban J connectivity index is 1.62. The van der Waals surface area contributed by atoms with Gasteiger partial charge in [-0.1, -0.05) is 66.7 Å². The number of nitrogens with zero attached hydrogens (tertiary/aromatic N) is 3. The summed E-state index contributed by atoms with van der Waals surface area (Å²) in [6.45, 7) is 0. The highest BCUT2D eigenvalue weighted by Gasteiger charge is 2.60. The van der Waals surface area contributed by atoms with Crippen LogP contribution in [0.15, 0.2) is 111 Å². The number of benzene rings is 3. The van der Waals surface area contributed by atoms with E-state index in [1.807, 2.05) is 84.9 Å². The summed E-state index contributed by atoms with van der Waals surface area (Å²) in [6.07, 6.45) is 0. The first kappa shape index (κ1) is 21.4. The predicted octanol–water partition coefficient (Wildman–Crippen LogP) is 5.92. The summed E-state index contributed by atoms with van der Waals surface area (Å²) in [7, 11) is 0. The Bertz CT molecular complexity index is 1470. The Kier molecular flexibility index (Phi) is 5.04. The Hall–Kier alpha value is -4.17. The standard InChI is InChI=1S/C27H19N3O4S/c31-26-20-13-7-8-14-22(20)35-17-27(26)24(18-9-3-1-4-10-18)25(21-15-16-23(34-21)30(32)33)28-29(27)19-11-5-2-6-12-19/h1-16,24H,17H2/t24-,27-/m1/s1. The summed E-state index contributed by atoms with van der Waals surface area (Å²) in [4.78, 5) is 26.2. The molecular formula is C27H19N3O4S. The zero-order chi connectivity index (χ0) is 24.0. The van der Waals surface area contributed by atoms with E-state index in [0.717, 1.165) is 16.1 Å². The Morgan fingerprint density at radius 1 is 0.943 bits per heavy atom. The van der Waals surface area contributed by atoms with Crippen molar-refractivity contribution in [2.45, 2.75) is 16.4 Å². The lowest BCUT2D eigenvalue weighted by atomic mass is 9.72.